The molecule has 5 heteroatoms. The number of rotatable bonds is 4. The Morgan fingerprint density at radius 3 is 2.17 bits per heavy atom. The Balaban J connectivity index is 2.55. The SMILES string of the molecule is CCC1(CC)OC2(C(=O)O)CCCC1(C(=O)O)C2. The van der Waals surface area contributed by atoms with Crippen molar-refractivity contribution < 1.29 is 24.5 Å². The molecule has 1 aliphatic carbocycles. The van der Waals surface area contributed by atoms with Gasteiger partial charge in [-0.25, -0.2) is 4.79 Å². The van der Waals surface area contributed by atoms with Crippen LogP contribution in [-0.2, 0) is 14.3 Å². The van der Waals surface area contributed by atoms with Gasteiger partial charge in [0.1, 0.15) is 5.41 Å². The average molecular weight is 256 g/mol. The standard InChI is InChI=1S/C13H20O5/c1-3-13(4-2)11(9(14)15)6-5-7-12(8-11,18-13)10(16)17/h3-8H2,1-2H3,(H,14,15)(H,16,17). The maximum absolute atomic E-state index is 11.8. The molecular weight excluding hydrogens is 236 g/mol. The third-order valence-electron chi connectivity index (χ3n) is 4.98. The fraction of sp³-hybridized carbons (Fsp3) is 0.846. The van der Waals surface area contributed by atoms with Crippen LogP contribution in [0.25, 0.3) is 0 Å². The highest BCUT2D eigenvalue weighted by molar-refractivity contribution is 5.84. The Bertz CT molecular complexity index is 387. The Hall–Kier alpha value is -1.10. The van der Waals surface area contributed by atoms with Gasteiger partial charge in [-0.1, -0.05) is 13.8 Å². The van der Waals surface area contributed by atoms with Crippen molar-refractivity contribution in [3.8, 4) is 0 Å². The lowest BCUT2D eigenvalue weighted by Gasteiger charge is -2.40. The monoisotopic (exact) mass is 256 g/mol. The minimum Gasteiger partial charge on any atom is -0.481 e. The molecule has 1 saturated heterocycles. The Morgan fingerprint density at radius 2 is 1.72 bits per heavy atom. The van der Waals surface area contributed by atoms with E-state index >= 15 is 0 Å². The third-order valence-corrected chi connectivity index (χ3v) is 4.98. The van der Waals surface area contributed by atoms with Gasteiger partial charge in [0.15, 0.2) is 5.60 Å². The molecule has 1 aliphatic heterocycles. The molecule has 102 valence electrons. The van der Waals surface area contributed by atoms with Crippen LogP contribution in [0.4, 0.5) is 0 Å². The van der Waals surface area contributed by atoms with Crippen LogP contribution in [0, 0.1) is 5.41 Å². The number of carboxylic acid groups (broad SMARTS) is 2. The summed E-state index contributed by atoms with van der Waals surface area (Å²) in [4.78, 5) is 23.3. The molecule has 18 heavy (non-hydrogen) atoms. The van der Waals surface area contributed by atoms with Crippen molar-refractivity contribution in [1.82, 2.24) is 0 Å². The fourth-order valence-corrected chi connectivity index (χ4v) is 3.96. The van der Waals surface area contributed by atoms with E-state index in [1.54, 1.807) is 0 Å². The lowest BCUT2D eigenvalue weighted by Crippen LogP contribution is -2.49. The number of ether oxygens (including phenoxy) is 1. The number of hydrogen-bond donors (Lipinski definition) is 2. The molecule has 5 nitrogen and oxygen atoms in total. The van der Waals surface area contributed by atoms with Crippen LogP contribution in [0.15, 0.2) is 0 Å². The van der Waals surface area contributed by atoms with Crippen molar-refractivity contribution in [3.63, 3.8) is 0 Å². The first-order valence-corrected chi connectivity index (χ1v) is 6.55. The topological polar surface area (TPSA) is 83.8 Å². The second-order valence-electron chi connectivity index (χ2n) is 5.52. The summed E-state index contributed by atoms with van der Waals surface area (Å²) in [6.45, 7) is 3.76. The van der Waals surface area contributed by atoms with Crippen LogP contribution < -0.4 is 0 Å². The van der Waals surface area contributed by atoms with E-state index in [0.29, 0.717) is 32.1 Å². The van der Waals surface area contributed by atoms with Gasteiger partial charge >= 0.3 is 11.9 Å². The van der Waals surface area contributed by atoms with Crippen LogP contribution in [0.1, 0.15) is 52.4 Å². The van der Waals surface area contributed by atoms with Crippen LogP contribution in [0.3, 0.4) is 0 Å². The quantitative estimate of drug-likeness (QED) is 0.804. The van der Waals surface area contributed by atoms with E-state index in [4.69, 9.17) is 4.74 Å². The molecular formula is C13H20O5. The lowest BCUT2D eigenvalue weighted by atomic mass is 9.61. The highest BCUT2D eigenvalue weighted by atomic mass is 16.6. The van der Waals surface area contributed by atoms with Crippen LogP contribution in [0.2, 0.25) is 0 Å². The molecule has 2 unspecified atom stereocenters. The molecule has 2 fully saturated rings. The molecule has 2 N–H and O–H groups in total. The first kappa shape index (κ1) is 13.3. The van der Waals surface area contributed by atoms with E-state index < -0.39 is 28.6 Å². The van der Waals surface area contributed by atoms with E-state index in [-0.39, 0.29) is 6.42 Å². The molecule has 2 rings (SSSR count). The van der Waals surface area contributed by atoms with Crippen LogP contribution in [0.5, 0.6) is 0 Å². The minimum absolute atomic E-state index is 0.104. The summed E-state index contributed by atoms with van der Waals surface area (Å²) in [7, 11) is 0. The summed E-state index contributed by atoms with van der Waals surface area (Å²) in [5, 5.41) is 19.1. The van der Waals surface area contributed by atoms with E-state index in [1.807, 2.05) is 13.8 Å². The minimum atomic E-state index is -1.29. The van der Waals surface area contributed by atoms with Gasteiger partial charge in [0.05, 0.1) is 5.60 Å². The summed E-state index contributed by atoms with van der Waals surface area (Å²) >= 11 is 0. The van der Waals surface area contributed by atoms with Gasteiger partial charge in [-0.05, 0) is 32.1 Å². The summed E-state index contributed by atoms with van der Waals surface area (Å²) in [5.41, 5.74) is -3.16. The third kappa shape index (κ3) is 1.37. The predicted molar refractivity (Wildman–Crippen MR) is 63.3 cm³/mol. The predicted octanol–water partition coefficient (Wildman–Crippen LogP) is 2.04. The van der Waals surface area contributed by atoms with Gasteiger partial charge in [0.25, 0.3) is 0 Å². The highest BCUT2D eigenvalue weighted by Gasteiger charge is 2.71. The van der Waals surface area contributed by atoms with E-state index in [2.05, 4.69) is 0 Å². The molecule has 0 aromatic rings. The van der Waals surface area contributed by atoms with Crippen molar-refractivity contribution in [3.05, 3.63) is 0 Å². The van der Waals surface area contributed by atoms with Gasteiger partial charge in [-0.15, -0.1) is 0 Å². The zero-order valence-electron chi connectivity index (χ0n) is 10.9. The van der Waals surface area contributed by atoms with Gasteiger partial charge in [-0.3, -0.25) is 4.79 Å². The molecule has 0 aromatic heterocycles. The molecule has 1 saturated carbocycles. The molecule has 2 atom stereocenters. The molecule has 2 aliphatic rings. The van der Waals surface area contributed by atoms with Crippen molar-refractivity contribution in [2.75, 3.05) is 0 Å². The lowest BCUT2D eigenvalue weighted by molar-refractivity contribution is -0.181. The summed E-state index contributed by atoms with van der Waals surface area (Å²) in [6, 6.07) is 0. The van der Waals surface area contributed by atoms with Crippen LogP contribution in [-0.4, -0.2) is 33.4 Å². The maximum Gasteiger partial charge on any atom is 0.336 e. The fourth-order valence-electron chi connectivity index (χ4n) is 3.96. The molecule has 0 aromatic carbocycles. The summed E-state index contributed by atoms with van der Waals surface area (Å²) in [6.07, 6.45) is 2.69. The Kier molecular flexibility index (Phi) is 2.93. The van der Waals surface area contributed by atoms with E-state index in [0.717, 1.165) is 0 Å². The Morgan fingerprint density at radius 1 is 1.11 bits per heavy atom. The van der Waals surface area contributed by atoms with E-state index in [1.165, 1.54) is 0 Å². The molecule has 2 bridgehead atoms. The second-order valence-corrected chi connectivity index (χ2v) is 5.52. The number of aliphatic carboxylic acids is 2. The zero-order chi connectivity index (χ0) is 13.6. The molecule has 0 spiro atoms. The van der Waals surface area contributed by atoms with E-state index in [9.17, 15) is 19.8 Å². The van der Waals surface area contributed by atoms with Gasteiger partial charge in [0, 0.05) is 6.42 Å². The van der Waals surface area contributed by atoms with Crippen molar-refractivity contribution in [2.45, 2.75) is 63.6 Å². The van der Waals surface area contributed by atoms with Gasteiger partial charge < -0.3 is 14.9 Å². The zero-order valence-corrected chi connectivity index (χ0v) is 10.9. The normalized spacial score (nSPS) is 37.4. The summed E-state index contributed by atoms with van der Waals surface area (Å²) < 4.78 is 5.90. The first-order chi connectivity index (χ1) is 8.38. The average Bonchev–Trinajstić information content (AvgIpc) is 2.56. The van der Waals surface area contributed by atoms with Crippen molar-refractivity contribution >= 4 is 11.9 Å². The van der Waals surface area contributed by atoms with Gasteiger partial charge in [-0.2, -0.15) is 0 Å². The summed E-state index contributed by atoms with van der Waals surface area (Å²) in [5.74, 6) is -1.93. The number of carboxylic acids is 2. The first-order valence-electron chi connectivity index (χ1n) is 6.55. The molecule has 1 heterocycles. The molecule has 0 amide bonds. The highest BCUT2D eigenvalue weighted by Crippen LogP contribution is 2.61. The maximum atomic E-state index is 11.8. The van der Waals surface area contributed by atoms with Crippen LogP contribution >= 0.6 is 0 Å². The number of fused-ring (bicyclic) bond motifs is 2. The smallest absolute Gasteiger partial charge is 0.336 e. The second kappa shape index (κ2) is 3.95. The van der Waals surface area contributed by atoms with Gasteiger partial charge in [0.2, 0.25) is 0 Å². The number of carbonyl (C=O) groups is 2. The molecule has 0 radical (unpaired) electrons. The van der Waals surface area contributed by atoms with Crippen molar-refractivity contribution in [2.24, 2.45) is 5.41 Å². The Labute approximate surface area is 106 Å². The number of hydrogen-bond acceptors (Lipinski definition) is 3. The van der Waals surface area contributed by atoms with Crippen molar-refractivity contribution in [1.29, 1.82) is 0 Å². The largest absolute Gasteiger partial charge is 0.481 e.